The van der Waals surface area contributed by atoms with Gasteiger partial charge in [0.25, 0.3) is 0 Å². The van der Waals surface area contributed by atoms with E-state index in [0.29, 0.717) is 6.17 Å². The van der Waals surface area contributed by atoms with E-state index in [1.807, 2.05) is 4.68 Å². The van der Waals surface area contributed by atoms with Crippen LogP contribution in [0.5, 0.6) is 0 Å². The van der Waals surface area contributed by atoms with Crippen LogP contribution in [0, 0.1) is 0 Å². The molecule has 0 spiro atoms. The number of nitrogens with one attached hydrogen (secondary N) is 1. The third-order valence-electron chi connectivity index (χ3n) is 3.02. The Morgan fingerprint density at radius 2 is 2.06 bits per heavy atom. The molecule has 3 heteroatoms. The summed E-state index contributed by atoms with van der Waals surface area (Å²) in [7, 11) is 0. The van der Waals surface area contributed by atoms with E-state index in [4.69, 9.17) is 0 Å². The number of nitrogens with zero attached hydrogens (tertiary/aromatic N) is 2. The second-order valence-corrected chi connectivity index (χ2v) is 4.27. The summed E-state index contributed by atoms with van der Waals surface area (Å²) < 4.78 is 2.04. The number of hydrogen-bond acceptors (Lipinski definition) is 2. The van der Waals surface area contributed by atoms with Crippen molar-refractivity contribution in [2.75, 3.05) is 5.32 Å². The molecule has 0 aliphatic carbocycles. The van der Waals surface area contributed by atoms with Crippen molar-refractivity contribution < 1.29 is 0 Å². The molecule has 0 radical (unpaired) electrons. The molecule has 1 N–H and O–H groups in total. The fraction of sp³-hybridized carbons (Fsp3) is 0.308. The summed E-state index contributed by atoms with van der Waals surface area (Å²) in [5.41, 5.74) is 2.55. The van der Waals surface area contributed by atoms with E-state index in [0.717, 1.165) is 18.7 Å². The van der Waals surface area contributed by atoms with Gasteiger partial charge < -0.3 is 5.32 Å². The molecule has 0 saturated heterocycles. The molecule has 0 unspecified atom stereocenters. The number of aromatic nitrogens is 2. The lowest BCUT2D eigenvalue weighted by Crippen LogP contribution is -2.28. The minimum absolute atomic E-state index is 0.362. The largest absolute Gasteiger partial charge is 0.349 e. The normalized spacial score (nSPS) is 17.4. The van der Waals surface area contributed by atoms with Crippen LogP contribution in [0.1, 0.15) is 24.3 Å². The first-order chi connectivity index (χ1) is 7.83. The van der Waals surface area contributed by atoms with Crippen LogP contribution < -0.4 is 5.32 Å². The van der Waals surface area contributed by atoms with Gasteiger partial charge in [-0.3, -0.25) is 0 Å². The van der Waals surface area contributed by atoms with Crippen molar-refractivity contribution in [3.05, 3.63) is 47.7 Å². The molecule has 2 heterocycles. The molecule has 1 aliphatic rings. The minimum Gasteiger partial charge on any atom is -0.349 e. The third-order valence-corrected chi connectivity index (χ3v) is 3.02. The molecule has 16 heavy (non-hydrogen) atoms. The molecule has 3 rings (SSSR count). The quantitative estimate of drug-likeness (QED) is 0.849. The minimum atomic E-state index is 0.362. The van der Waals surface area contributed by atoms with E-state index in [-0.39, 0.29) is 0 Å². The smallest absolute Gasteiger partial charge is 0.128 e. The lowest BCUT2D eigenvalue weighted by atomic mass is 10.1. The number of anilines is 1. The summed E-state index contributed by atoms with van der Waals surface area (Å²) in [6.07, 6.45) is 2.44. The molecule has 3 nitrogen and oxygen atoms in total. The van der Waals surface area contributed by atoms with Gasteiger partial charge in [0.15, 0.2) is 0 Å². The zero-order valence-electron chi connectivity index (χ0n) is 9.35. The summed E-state index contributed by atoms with van der Waals surface area (Å²) in [6, 6.07) is 12.7. The first-order valence-electron chi connectivity index (χ1n) is 5.72. The topological polar surface area (TPSA) is 29.9 Å². The Labute approximate surface area is 95.1 Å². The van der Waals surface area contributed by atoms with Crippen LogP contribution in [0.3, 0.4) is 0 Å². The maximum absolute atomic E-state index is 4.55. The van der Waals surface area contributed by atoms with Crippen LogP contribution in [0.4, 0.5) is 5.82 Å². The van der Waals surface area contributed by atoms with E-state index in [1.165, 1.54) is 11.3 Å². The number of aryl methyl sites for hydroxylation is 2. The van der Waals surface area contributed by atoms with Gasteiger partial charge in [-0.15, -0.1) is 0 Å². The maximum atomic E-state index is 4.55. The summed E-state index contributed by atoms with van der Waals surface area (Å²) in [5, 5.41) is 7.85. The van der Waals surface area contributed by atoms with E-state index in [9.17, 15) is 0 Å². The van der Waals surface area contributed by atoms with Gasteiger partial charge in [0, 0.05) is 6.07 Å². The third kappa shape index (κ3) is 1.58. The first-order valence-corrected chi connectivity index (χ1v) is 5.72. The van der Waals surface area contributed by atoms with Crippen molar-refractivity contribution in [1.82, 2.24) is 9.78 Å². The molecular formula is C13H15N3. The molecule has 0 fully saturated rings. The number of benzene rings is 1. The predicted octanol–water partition coefficient (Wildman–Crippen LogP) is 2.61. The Morgan fingerprint density at radius 3 is 2.75 bits per heavy atom. The highest BCUT2D eigenvalue weighted by Gasteiger charge is 2.22. The second kappa shape index (κ2) is 3.67. The predicted molar refractivity (Wildman–Crippen MR) is 64.4 cm³/mol. The lowest BCUT2D eigenvalue weighted by Gasteiger charge is -2.26. The first kappa shape index (κ1) is 9.46. The Kier molecular flexibility index (Phi) is 2.17. The van der Waals surface area contributed by atoms with Gasteiger partial charge in [-0.2, -0.15) is 5.10 Å². The Morgan fingerprint density at radius 1 is 1.25 bits per heavy atom. The van der Waals surface area contributed by atoms with Crippen molar-refractivity contribution in [3.8, 4) is 0 Å². The standard InChI is InChI=1S/C13H15N3/c1-10-14-13-9-12(15-16(10)13)8-7-11-5-3-2-4-6-11/h2-6,9-10,14H,7-8H2,1H3/t10-/m1/s1. The zero-order chi connectivity index (χ0) is 11.0. The summed E-state index contributed by atoms with van der Waals surface area (Å²) in [5.74, 6) is 1.15. The molecular weight excluding hydrogens is 198 g/mol. The van der Waals surface area contributed by atoms with Crippen LogP contribution in [-0.2, 0) is 12.8 Å². The summed E-state index contributed by atoms with van der Waals surface area (Å²) in [4.78, 5) is 0. The summed E-state index contributed by atoms with van der Waals surface area (Å²) >= 11 is 0. The monoisotopic (exact) mass is 213 g/mol. The average Bonchev–Trinajstić information content (AvgIpc) is 2.65. The van der Waals surface area contributed by atoms with Crippen molar-refractivity contribution >= 4 is 5.82 Å². The number of hydrogen-bond donors (Lipinski definition) is 1. The van der Waals surface area contributed by atoms with Crippen LogP contribution in [0.2, 0.25) is 0 Å². The van der Waals surface area contributed by atoms with Crippen LogP contribution in [-0.4, -0.2) is 9.78 Å². The molecule has 0 bridgehead atoms. The van der Waals surface area contributed by atoms with Crippen molar-refractivity contribution in [2.45, 2.75) is 25.9 Å². The van der Waals surface area contributed by atoms with Gasteiger partial charge in [-0.25, -0.2) is 4.68 Å². The fourth-order valence-corrected chi connectivity index (χ4v) is 2.10. The van der Waals surface area contributed by atoms with Crippen LogP contribution in [0.15, 0.2) is 36.4 Å². The molecule has 1 aromatic heterocycles. The van der Waals surface area contributed by atoms with E-state index in [1.54, 1.807) is 0 Å². The van der Waals surface area contributed by atoms with Crippen LogP contribution in [0.25, 0.3) is 0 Å². The molecule has 1 aliphatic heterocycles. The second-order valence-electron chi connectivity index (χ2n) is 4.27. The fourth-order valence-electron chi connectivity index (χ4n) is 2.10. The van der Waals surface area contributed by atoms with Crippen molar-refractivity contribution in [2.24, 2.45) is 0 Å². The van der Waals surface area contributed by atoms with Gasteiger partial charge in [-0.05, 0) is 25.3 Å². The van der Waals surface area contributed by atoms with Gasteiger partial charge in [-0.1, -0.05) is 30.3 Å². The van der Waals surface area contributed by atoms with E-state index >= 15 is 0 Å². The van der Waals surface area contributed by atoms with Crippen LogP contribution >= 0.6 is 0 Å². The van der Waals surface area contributed by atoms with Gasteiger partial charge in [0.2, 0.25) is 0 Å². The Balaban J connectivity index is 1.67. The molecule has 1 aromatic carbocycles. The van der Waals surface area contributed by atoms with Gasteiger partial charge >= 0.3 is 0 Å². The highest BCUT2D eigenvalue weighted by molar-refractivity contribution is 5.44. The van der Waals surface area contributed by atoms with Crippen molar-refractivity contribution in [3.63, 3.8) is 0 Å². The van der Waals surface area contributed by atoms with Gasteiger partial charge in [0.1, 0.15) is 12.0 Å². The van der Waals surface area contributed by atoms with Crippen molar-refractivity contribution in [1.29, 1.82) is 0 Å². The highest BCUT2D eigenvalue weighted by atomic mass is 15.5. The Bertz CT molecular complexity index is 487. The number of fused-ring (bicyclic) bond motifs is 1. The highest BCUT2D eigenvalue weighted by Crippen LogP contribution is 2.27. The zero-order valence-corrected chi connectivity index (χ0v) is 9.35. The van der Waals surface area contributed by atoms with E-state index in [2.05, 4.69) is 53.7 Å². The summed E-state index contributed by atoms with van der Waals surface area (Å²) in [6.45, 7) is 2.11. The van der Waals surface area contributed by atoms with Gasteiger partial charge in [0.05, 0.1) is 5.69 Å². The molecule has 2 aromatic rings. The molecule has 82 valence electrons. The Hall–Kier alpha value is -1.77. The molecule has 1 atom stereocenters. The van der Waals surface area contributed by atoms with E-state index < -0.39 is 0 Å². The lowest BCUT2D eigenvalue weighted by molar-refractivity contribution is 0.479. The maximum Gasteiger partial charge on any atom is 0.128 e. The number of rotatable bonds is 3. The molecule has 0 amide bonds. The average molecular weight is 213 g/mol. The SMILES string of the molecule is C[C@@H]1Nc2cc(CCc3ccccc3)nn21. The molecule has 0 saturated carbocycles.